The largest absolute Gasteiger partial charge is 0.484 e. The fraction of sp³-hybridized carbons (Fsp3) is 0.133. The molecule has 2 rings (SSSR count). The van der Waals surface area contributed by atoms with Crippen LogP contribution >= 0.6 is 0 Å². The Morgan fingerprint density at radius 2 is 1.60 bits per heavy atom. The first-order valence-corrected chi connectivity index (χ1v) is 6.67. The van der Waals surface area contributed by atoms with Gasteiger partial charge in [-0.2, -0.15) is 13.2 Å². The summed E-state index contributed by atoms with van der Waals surface area (Å²) < 4.78 is 79.8. The van der Waals surface area contributed by atoms with E-state index < -0.39 is 41.8 Å². The Kier molecular flexibility index (Phi) is 5.40. The first-order valence-electron chi connectivity index (χ1n) is 6.67. The third kappa shape index (κ3) is 5.03. The number of alkyl halides is 3. The Hall–Kier alpha value is -2.91. The lowest BCUT2D eigenvalue weighted by Gasteiger charge is -2.11. The van der Waals surface area contributed by atoms with Crippen LogP contribution in [0, 0.1) is 17.5 Å². The van der Waals surface area contributed by atoms with Gasteiger partial charge in [0.25, 0.3) is 5.91 Å². The zero-order valence-corrected chi connectivity index (χ0v) is 12.3. The summed E-state index contributed by atoms with van der Waals surface area (Å²) >= 11 is 0. The van der Waals surface area contributed by atoms with Gasteiger partial charge >= 0.3 is 6.18 Å². The summed E-state index contributed by atoms with van der Waals surface area (Å²) in [7, 11) is 0. The molecule has 0 bridgehead atoms. The Labute approximate surface area is 137 Å². The number of nitrogens with one attached hydrogen (secondary N) is 2. The van der Waals surface area contributed by atoms with Crippen molar-refractivity contribution in [3.05, 3.63) is 59.4 Å². The van der Waals surface area contributed by atoms with Gasteiger partial charge in [0, 0.05) is 5.56 Å². The molecule has 0 atom stereocenters. The molecule has 134 valence electrons. The Balaban J connectivity index is 1.96. The fourth-order valence-corrected chi connectivity index (χ4v) is 1.69. The molecular formula is C15H10F6N2O2. The molecule has 4 nitrogen and oxygen atoms in total. The molecule has 10 heteroatoms. The Morgan fingerprint density at radius 3 is 2.20 bits per heavy atom. The number of hydrogen-bond acceptors (Lipinski definition) is 3. The second kappa shape index (κ2) is 7.32. The number of benzene rings is 2. The second-order valence-corrected chi connectivity index (χ2v) is 4.73. The molecule has 0 saturated heterocycles. The molecule has 2 N–H and O–H groups in total. The standard InChI is InChI=1S/C15H10F6N2O2/c16-10-5-6-11(13(18)12(10)17)22-23-14(24)8-1-3-9(4-2-8)25-7-15(19,20)21/h1-6,22H,7H2,(H,23,24). The lowest BCUT2D eigenvalue weighted by atomic mass is 10.2. The molecule has 0 spiro atoms. The summed E-state index contributed by atoms with van der Waals surface area (Å²) in [6.07, 6.45) is -4.49. The van der Waals surface area contributed by atoms with Crippen molar-refractivity contribution in [3.63, 3.8) is 0 Å². The highest BCUT2D eigenvalue weighted by Crippen LogP contribution is 2.20. The van der Waals surface area contributed by atoms with Gasteiger partial charge in [0.2, 0.25) is 0 Å². The maximum Gasteiger partial charge on any atom is 0.422 e. The van der Waals surface area contributed by atoms with Gasteiger partial charge in [-0.1, -0.05) is 0 Å². The summed E-state index contributed by atoms with van der Waals surface area (Å²) in [6, 6.07) is 6.16. The first-order chi connectivity index (χ1) is 11.7. The molecule has 25 heavy (non-hydrogen) atoms. The number of halogens is 6. The van der Waals surface area contributed by atoms with E-state index in [-0.39, 0.29) is 11.3 Å². The van der Waals surface area contributed by atoms with Crippen molar-refractivity contribution in [2.75, 3.05) is 12.0 Å². The van der Waals surface area contributed by atoms with Crippen LogP contribution in [0.25, 0.3) is 0 Å². The van der Waals surface area contributed by atoms with Crippen LogP contribution in [0.2, 0.25) is 0 Å². The quantitative estimate of drug-likeness (QED) is 0.482. The van der Waals surface area contributed by atoms with Crippen LogP contribution in [0.5, 0.6) is 5.75 Å². The van der Waals surface area contributed by atoms with E-state index in [1.54, 1.807) is 0 Å². The Morgan fingerprint density at radius 1 is 0.960 bits per heavy atom. The van der Waals surface area contributed by atoms with Crippen molar-refractivity contribution in [3.8, 4) is 5.75 Å². The number of amides is 1. The van der Waals surface area contributed by atoms with E-state index in [1.165, 1.54) is 12.1 Å². The first kappa shape index (κ1) is 18.4. The summed E-state index contributed by atoms with van der Waals surface area (Å²) in [6.45, 7) is -1.48. The molecule has 0 aromatic heterocycles. The number of carbonyl (C=O) groups is 1. The van der Waals surface area contributed by atoms with Crippen molar-refractivity contribution in [2.45, 2.75) is 6.18 Å². The lowest BCUT2D eigenvalue weighted by molar-refractivity contribution is -0.153. The third-order valence-corrected chi connectivity index (χ3v) is 2.86. The van der Waals surface area contributed by atoms with Crippen LogP contribution in [-0.4, -0.2) is 18.7 Å². The molecule has 0 fully saturated rings. The van der Waals surface area contributed by atoms with E-state index in [0.717, 1.165) is 18.2 Å². The van der Waals surface area contributed by atoms with Crippen LogP contribution in [0.1, 0.15) is 10.4 Å². The molecule has 0 aliphatic heterocycles. The highest BCUT2D eigenvalue weighted by Gasteiger charge is 2.28. The average Bonchev–Trinajstić information content (AvgIpc) is 2.57. The van der Waals surface area contributed by atoms with Crippen molar-refractivity contribution >= 4 is 11.6 Å². The van der Waals surface area contributed by atoms with Crippen LogP contribution < -0.4 is 15.6 Å². The molecule has 0 aliphatic carbocycles. The van der Waals surface area contributed by atoms with Gasteiger partial charge in [-0.3, -0.25) is 15.6 Å². The van der Waals surface area contributed by atoms with E-state index in [0.29, 0.717) is 6.07 Å². The summed E-state index contributed by atoms with van der Waals surface area (Å²) in [4.78, 5) is 11.8. The van der Waals surface area contributed by atoms with Crippen molar-refractivity contribution in [2.24, 2.45) is 0 Å². The fourth-order valence-electron chi connectivity index (χ4n) is 1.69. The van der Waals surface area contributed by atoms with E-state index >= 15 is 0 Å². The van der Waals surface area contributed by atoms with Gasteiger partial charge in [0.15, 0.2) is 24.1 Å². The average molecular weight is 364 g/mol. The molecule has 2 aromatic carbocycles. The maximum atomic E-state index is 13.4. The number of ether oxygens (including phenoxy) is 1. The number of anilines is 1. The number of hydrazine groups is 1. The third-order valence-electron chi connectivity index (χ3n) is 2.86. The topological polar surface area (TPSA) is 50.4 Å². The van der Waals surface area contributed by atoms with Crippen molar-refractivity contribution in [1.29, 1.82) is 0 Å². The predicted octanol–water partition coefficient (Wildman–Crippen LogP) is 3.80. The van der Waals surface area contributed by atoms with Crippen LogP contribution in [-0.2, 0) is 0 Å². The minimum atomic E-state index is -4.49. The van der Waals surface area contributed by atoms with E-state index in [9.17, 15) is 31.1 Å². The van der Waals surface area contributed by atoms with Crippen molar-refractivity contribution < 1.29 is 35.9 Å². The molecule has 1 amide bonds. The Bertz CT molecular complexity index is 762. The van der Waals surface area contributed by atoms with Gasteiger partial charge in [-0.15, -0.1) is 0 Å². The molecule has 0 saturated carbocycles. The molecule has 0 heterocycles. The van der Waals surface area contributed by atoms with Crippen LogP contribution in [0.4, 0.5) is 32.0 Å². The number of rotatable bonds is 5. The summed E-state index contributed by atoms with van der Waals surface area (Å²) in [5.74, 6) is -5.49. The van der Waals surface area contributed by atoms with Gasteiger partial charge in [0.1, 0.15) is 5.75 Å². The normalized spacial score (nSPS) is 11.1. The van der Waals surface area contributed by atoms with Crippen molar-refractivity contribution in [1.82, 2.24) is 5.43 Å². The second-order valence-electron chi connectivity index (χ2n) is 4.73. The lowest BCUT2D eigenvalue weighted by Crippen LogP contribution is -2.30. The molecule has 2 aromatic rings. The van der Waals surface area contributed by atoms with E-state index in [4.69, 9.17) is 0 Å². The number of carbonyl (C=O) groups excluding carboxylic acids is 1. The minimum absolute atomic E-state index is 0.00912. The zero-order valence-electron chi connectivity index (χ0n) is 12.3. The molecule has 0 unspecified atom stereocenters. The van der Waals surface area contributed by atoms with Gasteiger partial charge in [0.05, 0.1) is 5.69 Å². The van der Waals surface area contributed by atoms with E-state index in [2.05, 4.69) is 10.2 Å². The van der Waals surface area contributed by atoms with Gasteiger partial charge < -0.3 is 4.74 Å². The highest BCUT2D eigenvalue weighted by atomic mass is 19.4. The van der Waals surface area contributed by atoms with E-state index in [1.807, 2.05) is 5.43 Å². The van der Waals surface area contributed by atoms with Crippen LogP contribution in [0.3, 0.4) is 0 Å². The van der Waals surface area contributed by atoms with Gasteiger partial charge in [-0.05, 0) is 36.4 Å². The zero-order chi connectivity index (χ0) is 18.6. The smallest absolute Gasteiger partial charge is 0.422 e. The summed E-state index contributed by atoms with van der Waals surface area (Å²) in [5, 5.41) is 0. The summed E-state index contributed by atoms with van der Waals surface area (Å²) in [5.41, 5.74) is 3.62. The predicted molar refractivity (Wildman–Crippen MR) is 75.4 cm³/mol. The maximum absolute atomic E-state index is 13.4. The SMILES string of the molecule is O=C(NNc1ccc(F)c(F)c1F)c1ccc(OCC(F)(F)F)cc1. The number of hydrogen-bond donors (Lipinski definition) is 2. The minimum Gasteiger partial charge on any atom is -0.484 e. The molecular weight excluding hydrogens is 354 g/mol. The van der Waals surface area contributed by atoms with Crippen LogP contribution in [0.15, 0.2) is 36.4 Å². The van der Waals surface area contributed by atoms with Gasteiger partial charge in [-0.25, -0.2) is 13.2 Å². The molecule has 0 aliphatic rings. The molecule has 0 radical (unpaired) electrons. The monoisotopic (exact) mass is 364 g/mol. The highest BCUT2D eigenvalue weighted by molar-refractivity contribution is 5.95.